The summed E-state index contributed by atoms with van der Waals surface area (Å²) in [5.41, 5.74) is 17.7. The van der Waals surface area contributed by atoms with Gasteiger partial charge in [-0.05, 0) is 112 Å². The Morgan fingerprint density at radius 2 is 1.24 bits per heavy atom. The van der Waals surface area contributed by atoms with E-state index in [1.165, 1.54) is 76.0 Å². The lowest BCUT2D eigenvalue weighted by molar-refractivity contribution is 0.590. The maximum absolute atomic E-state index is 7.25. The Kier molecular flexibility index (Phi) is 7.56. The number of benzene rings is 7. The molecule has 0 radical (unpaired) electrons. The average Bonchev–Trinajstić information content (AvgIpc) is 3.79. The number of nitrogens with zero attached hydrogens (tertiary/aromatic N) is 2. The number of thiophene rings is 1. The lowest BCUT2D eigenvalue weighted by atomic mass is 9.45. The van der Waals surface area contributed by atoms with Gasteiger partial charge in [-0.1, -0.05) is 126 Å². The fourth-order valence-corrected chi connectivity index (χ4v) is 10.7. The predicted molar refractivity (Wildman–Crippen MR) is 250 cm³/mol. The Morgan fingerprint density at radius 3 is 2.00 bits per heavy atom. The van der Waals surface area contributed by atoms with Gasteiger partial charge in [0.05, 0.1) is 11.4 Å². The molecule has 0 fully saturated rings. The molecule has 0 saturated carbocycles. The van der Waals surface area contributed by atoms with Gasteiger partial charge in [0.15, 0.2) is 0 Å². The van der Waals surface area contributed by atoms with Crippen LogP contribution in [0.25, 0.3) is 53.4 Å². The molecule has 0 saturated heterocycles. The van der Waals surface area contributed by atoms with Crippen molar-refractivity contribution >= 4 is 88.9 Å². The first kappa shape index (κ1) is 35.2. The molecule has 2 aliphatic rings. The molecule has 2 aromatic heterocycles. The fourth-order valence-electron chi connectivity index (χ4n) is 9.55. The van der Waals surface area contributed by atoms with Gasteiger partial charge in [0.2, 0.25) is 0 Å². The van der Waals surface area contributed by atoms with E-state index in [-0.39, 0.29) is 17.7 Å². The van der Waals surface area contributed by atoms with Crippen molar-refractivity contribution in [2.45, 2.75) is 59.3 Å². The second-order valence-corrected chi connectivity index (χ2v) is 19.3. The quantitative estimate of drug-likeness (QED) is 0.167. The molecule has 2 aliphatic heterocycles. The lowest BCUT2D eigenvalue weighted by Gasteiger charge is -2.44. The fraction of sp³-hybridized carbons (Fsp3) is 0.170. The summed E-state index contributed by atoms with van der Waals surface area (Å²) in [4.78, 5) is 5.12. The van der Waals surface area contributed by atoms with E-state index < -0.39 is 0 Å². The standard InChI is InChI=1S/C53H45BN2OS/c1-32-29-40-47-42(27-28-46-48(47)38-18-12-14-20-45(38)58-46)56(36-24-21-34(22-25-36)52(2,3)4)54-49(40)43(30-32)55(50-37-17-11-13-19-44(37)57-51(50)54)41-26-23-35(53(5,6)7)31-39(41)33-15-9-8-10-16-33/h8-31H,1-7H3. The lowest BCUT2D eigenvalue weighted by Crippen LogP contribution is -2.61. The van der Waals surface area contributed by atoms with E-state index in [2.05, 4.69) is 204 Å². The van der Waals surface area contributed by atoms with Gasteiger partial charge >= 0.3 is 6.85 Å². The summed E-state index contributed by atoms with van der Waals surface area (Å²) in [7, 11) is 0. The Balaban J connectivity index is 1.29. The number of aryl methyl sites for hydroxylation is 1. The summed E-state index contributed by atoms with van der Waals surface area (Å²) in [5.74, 6) is 0. The van der Waals surface area contributed by atoms with Crippen LogP contribution >= 0.6 is 11.3 Å². The van der Waals surface area contributed by atoms with Crippen LogP contribution in [0.5, 0.6) is 0 Å². The molecule has 7 aromatic carbocycles. The molecule has 5 heteroatoms. The van der Waals surface area contributed by atoms with Gasteiger partial charge in [-0.2, -0.15) is 0 Å². The highest BCUT2D eigenvalue weighted by atomic mass is 32.1. The molecular formula is C53H45BN2OS. The van der Waals surface area contributed by atoms with E-state index in [0.717, 1.165) is 33.7 Å². The maximum Gasteiger partial charge on any atom is 0.375 e. The van der Waals surface area contributed by atoms with Crippen molar-refractivity contribution in [3.63, 3.8) is 0 Å². The van der Waals surface area contributed by atoms with Crippen LogP contribution in [0, 0.1) is 6.92 Å². The van der Waals surface area contributed by atoms with E-state index in [0.29, 0.717) is 0 Å². The second-order valence-electron chi connectivity index (χ2n) is 18.2. The predicted octanol–water partition coefficient (Wildman–Crippen LogP) is 14.1. The minimum absolute atomic E-state index is 0.0213. The molecule has 0 amide bonds. The summed E-state index contributed by atoms with van der Waals surface area (Å²) in [6, 6.07) is 54.4. The van der Waals surface area contributed by atoms with E-state index in [1.54, 1.807) is 0 Å². The molecule has 58 heavy (non-hydrogen) atoms. The highest BCUT2D eigenvalue weighted by Crippen LogP contribution is 2.54. The zero-order valence-electron chi connectivity index (χ0n) is 34.1. The van der Waals surface area contributed by atoms with Crippen LogP contribution in [0.3, 0.4) is 0 Å². The van der Waals surface area contributed by atoms with Gasteiger partial charge in [0.1, 0.15) is 11.2 Å². The molecule has 3 nitrogen and oxygen atoms in total. The third kappa shape index (κ3) is 5.19. The number of anilines is 5. The van der Waals surface area contributed by atoms with Crippen molar-refractivity contribution in [3.05, 3.63) is 162 Å². The third-order valence-corrected chi connectivity index (χ3v) is 13.5. The minimum atomic E-state index is -0.214. The van der Waals surface area contributed by atoms with Crippen molar-refractivity contribution in [3.8, 4) is 22.3 Å². The van der Waals surface area contributed by atoms with E-state index in [9.17, 15) is 0 Å². The van der Waals surface area contributed by atoms with Crippen LogP contribution in [-0.4, -0.2) is 6.85 Å². The molecule has 0 aliphatic carbocycles. The van der Waals surface area contributed by atoms with Crippen LogP contribution < -0.4 is 20.8 Å². The Hall–Kier alpha value is -6.04. The van der Waals surface area contributed by atoms with Gasteiger partial charge in [0.25, 0.3) is 0 Å². The molecular weight excluding hydrogens is 723 g/mol. The summed E-state index contributed by atoms with van der Waals surface area (Å²) in [5, 5.41) is 3.73. The van der Waals surface area contributed by atoms with Gasteiger partial charge in [-0.3, -0.25) is 0 Å². The highest BCUT2D eigenvalue weighted by Gasteiger charge is 2.49. The molecule has 0 spiro atoms. The van der Waals surface area contributed by atoms with Crippen LogP contribution in [0.1, 0.15) is 58.2 Å². The Labute approximate surface area is 345 Å². The van der Waals surface area contributed by atoms with Gasteiger partial charge < -0.3 is 14.1 Å². The summed E-state index contributed by atoms with van der Waals surface area (Å²) in [6.07, 6.45) is 0. The molecule has 4 heterocycles. The minimum Gasteiger partial charge on any atom is -0.466 e. The van der Waals surface area contributed by atoms with Gasteiger partial charge in [-0.15, -0.1) is 11.3 Å². The average molecular weight is 769 g/mol. The first-order valence-corrected chi connectivity index (χ1v) is 21.3. The van der Waals surface area contributed by atoms with Gasteiger partial charge in [0, 0.05) is 53.7 Å². The van der Waals surface area contributed by atoms with Crippen LogP contribution in [0.4, 0.5) is 28.4 Å². The molecule has 0 N–H and O–H groups in total. The third-order valence-electron chi connectivity index (χ3n) is 12.4. The SMILES string of the molecule is Cc1cc2c3c(c1)N(c1ccc(C(C)(C)C)cc1-c1ccccc1)c1c(oc4ccccc14)B3N(c1ccc(C(C)(C)C)cc1)c1ccc3sc4ccccc4c3c1-2. The Bertz CT molecular complexity index is 3110. The van der Waals surface area contributed by atoms with Crippen molar-refractivity contribution in [1.82, 2.24) is 0 Å². The number of furan rings is 1. The van der Waals surface area contributed by atoms with Crippen molar-refractivity contribution in [2.75, 3.05) is 9.71 Å². The first-order valence-electron chi connectivity index (χ1n) is 20.5. The number of fused-ring (bicyclic) bond motifs is 10. The number of hydrogen-bond acceptors (Lipinski definition) is 4. The summed E-state index contributed by atoms with van der Waals surface area (Å²) < 4.78 is 9.86. The van der Waals surface area contributed by atoms with E-state index in [4.69, 9.17) is 4.42 Å². The molecule has 9 aromatic rings. The van der Waals surface area contributed by atoms with Gasteiger partial charge in [-0.25, -0.2) is 0 Å². The van der Waals surface area contributed by atoms with E-state index in [1.807, 2.05) is 11.3 Å². The molecule has 282 valence electrons. The number of hydrogen-bond donors (Lipinski definition) is 0. The molecule has 0 atom stereocenters. The first-order chi connectivity index (χ1) is 28.0. The smallest absolute Gasteiger partial charge is 0.375 e. The monoisotopic (exact) mass is 768 g/mol. The van der Waals surface area contributed by atoms with Crippen molar-refractivity contribution in [1.29, 1.82) is 0 Å². The van der Waals surface area contributed by atoms with Crippen molar-refractivity contribution < 1.29 is 4.42 Å². The van der Waals surface area contributed by atoms with Crippen molar-refractivity contribution in [2.24, 2.45) is 0 Å². The molecule has 11 rings (SSSR count). The number of para-hydroxylation sites is 1. The Morgan fingerprint density at radius 1 is 0.569 bits per heavy atom. The van der Waals surface area contributed by atoms with E-state index >= 15 is 0 Å². The van der Waals surface area contributed by atoms with Crippen LogP contribution in [0.15, 0.2) is 150 Å². The highest BCUT2D eigenvalue weighted by molar-refractivity contribution is 7.26. The summed E-state index contributed by atoms with van der Waals surface area (Å²) in [6.45, 7) is 15.8. The maximum atomic E-state index is 7.25. The van der Waals surface area contributed by atoms with Crippen LogP contribution in [-0.2, 0) is 10.8 Å². The topological polar surface area (TPSA) is 19.6 Å². The largest absolute Gasteiger partial charge is 0.466 e. The zero-order valence-corrected chi connectivity index (χ0v) is 35.0. The van der Waals surface area contributed by atoms with Crippen LogP contribution in [0.2, 0.25) is 0 Å². The molecule has 0 bridgehead atoms. The zero-order chi connectivity index (χ0) is 39.7. The second kappa shape index (κ2) is 12.5. The normalized spacial score (nSPS) is 13.7. The summed E-state index contributed by atoms with van der Waals surface area (Å²) >= 11 is 1.88. The number of rotatable bonds is 3. The molecule has 0 unspecified atom stereocenters.